The van der Waals surface area contributed by atoms with Crippen LogP contribution in [-0.2, 0) is 10.2 Å². The van der Waals surface area contributed by atoms with Crippen molar-refractivity contribution in [2.45, 2.75) is 51.2 Å². The van der Waals surface area contributed by atoms with Gasteiger partial charge in [0.2, 0.25) is 5.95 Å². The normalized spacial score (nSPS) is 27.6. The van der Waals surface area contributed by atoms with Gasteiger partial charge >= 0.3 is 0 Å². The van der Waals surface area contributed by atoms with Gasteiger partial charge in [0, 0.05) is 18.0 Å². The van der Waals surface area contributed by atoms with Gasteiger partial charge in [-0.3, -0.25) is 4.90 Å². The summed E-state index contributed by atoms with van der Waals surface area (Å²) in [5.41, 5.74) is 5.70. The summed E-state index contributed by atoms with van der Waals surface area (Å²) in [7, 11) is 0. The molecule has 2 saturated heterocycles. The average molecular weight is 277 g/mol. The predicted octanol–water partition coefficient (Wildman–Crippen LogP) is 1.29. The summed E-state index contributed by atoms with van der Waals surface area (Å²) < 4.78 is 5.95. The van der Waals surface area contributed by atoms with Crippen LogP contribution >= 0.6 is 0 Å². The molecular weight excluding hydrogens is 254 g/mol. The van der Waals surface area contributed by atoms with Crippen molar-refractivity contribution in [3.05, 3.63) is 11.6 Å². The molecule has 3 heterocycles. The number of morpholine rings is 1. The molecule has 2 N–H and O–H groups in total. The van der Waals surface area contributed by atoms with Crippen LogP contribution in [0.2, 0.25) is 0 Å². The molecule has 0 bridgehead atoms. The van der Waals surface area contributed by atoms with Crippen LogP contribution in [0.25, 0.3) is 0 Å². The zero-order valence-electron chi connectivity index (χ0n) is 12.5. The Labute approximate surface area is 119 Å². The zero-order chi connectivity index (χ0) is 14.3. The molecule has 110 valence electrons. The molecule has 2 unspecified atom stereocenters. The lowest BCUT2D eigenvalue weighted by atomic mass is 9.96. The number of nitrogens with zero attached hydrogens (tertiary/aromatic N) is 4. The van der Waals surface area contributed by atoms with Crippen LogP contribution < -0.4 is 5.73 Å². The third-order valence-electron chi connectivity index (χ3n) is 4.02. The minimum absolute atomic E-state index is 0.0873. The highest BCUT2D eigenvalue weighted by molar-refractivity contribution is 5.20. The number of nitrogens with two attached hydrogens (primary N) is 1. The van der Waals surface area contributed by atoms with E-state index in [1.54, 1.807) is 0 Å². The van der Waals surface area contributed by atoms with Gasteiger partial charge in [-0.2, -0.15) is 9.97 Å². The molecule has 2 fully saturated rings. The fourth-order valence-corrected chi connectivity index (χ4v) is 2.86. The Morgan fingerprint density at radius 3 is 2.80 bits per heavy atom. The Morgan fingerprint density at radius 2 is 2.05 bits per heavy atom. The highest BCUT2D eigenvalue weighted by atomic mass is 16.5. The van der Waals surface area contributed by atoms with E-state index in [-0.39, 0.29) is 17.5 Å². The molecule has 1 aromatic heterocycles. The van der Waals surface area contributed by atoms with Gasteiger partial charge in [0.25, 0.3) is 0 Å². The summed E-state index contributed by atoms with van der Waals surface area (Å²) in [4.78, 5) is 15.6. The van der Waals surface area contributed by atoms with Crippen LogP contribution in [-0.4, -0.2) is 45.6 Å². The van der Waals surface area contributed by atoms with Gasteiger partial charge in [-0.15, -0.1) is 0 Å². The molecule has 20 heavy (non-hydrogen) atoms. The quantitative estimate of drug-likeness (QED) is 0.833. The maximum atomic E-state index is 5.95. The molecular formula is C14H23N5O. The van der Waals surface area contributed by atoms with Crippen molar-refractivity contribution >= 4 is 5.95 Å². The highest BCUT2D eigenvalue weighted by Gasteiger charge is 2.34. The van der Waals surface area contributed by atoms with Gasteiger partial charge in [-0.25, -0.2) is 4.98 Å². The molecule has 0 aromatic carbocycles. The first-order chi connectivity index (χ1) is 9.43. The zero-order valence-corrected chi connectivity index (χ0v) is 12.5. The van der Waals surface area contributed by atoms with Crippen molar-refractivity contribution in [1.82, 2.24) is 19.9 Å². The Bertz CT molecular complexity index is 499. The number of nitrogen functional groups attached to an aromatic ring is 1. The number of fused-ring (bicyclic) bond motifs is 1. The van der Waals surface area contributed by atoms with E-state index in [1.165, 1.54) is 12.8 Å². The summed E-state index contributed by atoms with van der Waals surface area (Å²) in [5, 5.41) is 0. The maximum Gasteiger partial charge on any atom is 0.223 e. The van der Waals surface area contributed by atoms with E-state index in [2.05, 4.69) is 40.6 Å². The van der Waals surface area contributed by atoms with Crippen molar-refractivity contribution in [2.75, 3.05) is 25.4 Å². The van der Waals surface area contributed by atoms with Gasteiger partial charge in [0.15, 0.2) is 5.82 Å². The summed E-state index contributed by atoms with van der Waals surface area (Å²) in [6.07, 6.45) is 2.41. The number of hydrogen-bond donors (Lipinski definition) is 1. The molecule has 0 amide bonds. The minimum atomic E-state index is -0.142. The third kappa shape index (κ3) is 2.62. The topological polar surface area (TPSA) is 77.2 Å². The van der Waals surface area contributed by atoms with E-state index in [1.807, 2.05) is 0 Å². The largest absolute Gasteiger partial charge is 0.368 e. The first kappa shape index (κ1) is 13.7. The first-order valence-corrected chi connectivity index (χ1v) is 7.31. The second-order valence-electron chi connectivity index (χ2n) is 6.74. The second-order valence-corrected chi connectivity index (χ2v) is 6.74. The van der Waals surface area contributed by atoms with E-state index in [0.717, 1.165) is 25.5 Å². The molecule has 2 atom stereocenters. The Balaban J connectivity index is 1.85. The molecule has 0 spiro atoms. The van der Waals surface area contributed by atoms with Crippen molar-refractivity contribution in [3.63, 3.8) is 0 Å². The van der Waals surface area contributed by atoms with E-state index >= 15 is 0 Å². The molecule has 6 nitrogen and oxygen atoms in total. The van der Waals surface area contributed by atoms with Gasteiger partial charge in [-0.1, -0.05) is 20.8 Å². The lowest BCUT2D eigenvalue weighted by Gasteiger charge is -2.34. The molecule has 2 aliphatic rings. The number of aromatic nitrogens is 3. The molecule has 0 aliphatic carbocycles. The molecule has 6 heteroatoms. The maximum absolute atomic E-state index is 5.95. The first-order valence-electron chi connectivity index (χ1n) is 7.31. The second kappa shape index (κ2) is 4.93. The third-order valence-corrected chi connectivity index (χ3v) is 4.02. The van der Waals surface area contributed by atoms with Gasteiger partial charge in [0.05, 0.1) is 6.61 Å². The van der Waals surface area contributed by atoms with Crippen molar-refractivity contribution < 1.29 is 4.74 Å². The fourth-order valence-electron chi connectivity index (χ4n) is 2.86. The highest BCUT2D eigenvalue weighted by Crippen LogP contribution is 2.29. The van der Waals surface area contributed by atoms with Crippen LogP contribution in [0.3, 0.4) is 0 Å². The van der Waals surface area contributed by atoms with Crippen molar-refractivity contribution in [2.24, 2.45) is 0 Å². The van der Waals surface area contributed by atoms with Crippen LogP contribution in [0.5, 0.6) is 0 Å². The van der Waals surface area contributed by atoms with Gasteiger partial charge in [-0.05, 0) is 19.4 Å². The van der Waals surface area contributed by atoms with Crippen LogP contribution in [0.1, 0.15) is 51.4 Å². The summed E-state index contributed by atoms with van der Waals surface area (Å²) in [6.45, 7) is 8.99. The van der Waals surface area contributed by atoms with Crippen LogP contribution in [0.4, 0.5) is 5.95 Å². The number of anilines is 1. The van der Waals surface area contributed by atoms with E-state index < -0.39 is 0 Å². The van der Waals surface area contributed by atoms with Crippen LogP contribution in [0, 0.1) is 0 Å². The fraction of sp³-hybridized carbons (Fsp3) is 0.786. The SMILES string of the molecule is CC(C)(C)c1nc(N)nc(C2CN3CCCC3CO2)n1. The minimum Gasteiger partial charge on any atom is -0.368 e. The number of rotatable bonds is 1. The van der Waals surface area contributed by atoms with Gasteiger partial charge in [0.1, 0.15) is 11.9 Å². The average Bonchev–Trinajstić information content (AvgIpc) is 2.84. The molecule has 2 aliphatic heterocycles. The van der Waals surface area contributed by atoms with Gasteiger partial charge < -0.3 is 10.5 Å². The van der Waals surface area contributed by atoms with Crippen LogP contribution in [0.15, 0.2) is 0 Å². The van der Waals surface area contributed by atoms with E-state index in [0.29, 0.717) is 11.9 Å². The smallest absolute Gasteiger partial charge is 0.223 e. The lowest BCUT2D eigenvalue weighted by Crippen LogP contribution is -2.43. The molecule has 3 rings (SSSR count). The summed E-state index contributed by atoms with van der Waals surface area (Å²) >= 11 is 0. The molecule has 1 aromatic rings. The Hall–Kier alpha value is -1.27. The van der Waals surface area contributed by atoms with Crippen molar-refractivity contribution in [1.29, 1.82) is 0 Å². The van der Waals surface area contributed by atoms with E-state index in [9.17, 15) is 0 Å². The monoisotopic (exact) mass is 277 g/mol. The molecule has 0 radical (unpaired) electrons. The van der Waals surface area contributed by atoms with Crippen molar-refractivity contribution in [3.8, 4) is 0 Å². The Morgan fingerprint density at radius 1 is 1.25 bits per heavy atom. The predicted molar refractivity (Wildman–Crippen MR) is 76.2 cm³/mol. The standard InChI is InChI=1S/C14H23N5O/c1-14(2,3)12-16-11(17-13(15)18-12)10-7-19-6-4-5-9(19)8-20-10/h9-10H,4-8H2,1-3H3,(H2,15,16,17,18). The van der Waals surface area contributed by atoms with E-state index in [4.69, 9.17) is 10.5 Å². The number of ether oxygens (including phenoxy) is 1. The number of hydrogen-bond acceptors (Lipinski definition) is 6. The molecule has 0 saturated carbocycles. The summed E-state index contributed by atoms with van der Waals surface area (Å²) in [6, 6.07) is 0.576. The lowest BCUT2D eigenvalue weighted by molar-refractivity contribution is -0.0543. The summed E-state index contributed by atoms with van der Waals surface area (Å²) in [5.74, 6) is 1.69. The Kier molecular flexibility index (Phi) is 3.38.